The lowest BCUT2D eigenvalue weighted by atomic mass is 10.4. The van der Waals surface area contributed by atoms with Gasteiger partial charge >= 0.3 is 52.3 Å². The summed E-state index contributed by atoms with van der Waals surface area (Å²) < 4.78 is 59.8. The van der Waals surface area contributed by atoms with Crippen LogP contribution in [0.25, 0.3) is 0 Å². The van der Waals surface area contributed by atoms with Gasteiger partial charge in [-0.25, -0.2) is 0 Å². The third kappa shape index (κ3) is 5.45. The molecule has 3 saturated heterocycles. The summed E-state index contributed by atoms with van der Waals surface area (Å²) in [6.07, 6.45) is 0. The van der Waals surface area contributed by atoms with Gasteiger partial charge < -0.3 is 32.9 Å². The van der Waals surface area contributed by atoms with Gasteiger partial charge in [0.05, 0.1) is 0 Å². The highest BCUT2D eigenvalue weighted by molar-refractivity contribution is 7.05. The molecule has 0 amide bonds. The fraction of sp³-hybridized carbons (Fsp3) is 0.600. The van der Waals surface area contributed by atoms with Gasteiger partial charge in [0.15, 0.2) is 0 Å². The molecule has 3 heterocycles. The summed E-state index contributed by atoms with van der Waals surface area (Å²) in [5, 5.41) is 2.12. The average molecular weight is 709 g/mol. The maximum Gasteiger partial charge on any atom is 0.480 e. The van der Waals surface area contributed by atoms with E-state index in [4.69, 9.17) is 32.9 Å². The van der Waals surface area contributed by atoms with Crippen LogP contribution in [0.15, 0.2) is 60.7 Å². The standard InChI is InChI=1S/C30H52O8Si6/c1-23(2)39(29-19-15-13-16-20-29)31-41(25(5)6)35-42(32-39,26(7)8)38-44(28(11)12)34-40(24(3)4,30-21-17-14-18-22-30)33-43(36-44,37-41)27(9)10/h13-28H,1-12H3/t39?,40?,41-,42+,43+,44-. The van der Waals surface area contributed by atoms with E-state index in [1.807, 2.05) is 12.1 Å². The van der Waals surface area contributed by atoms with Gasteiger partial charge in [0.1, 0.15) is 0 Å². The summed E-state index contributed by atoms with van der Waals surface area (Å²) in [6, 6.07) is 20.8. The quantitative estimate of drug-likeness (QED) is 0.270. The molecule has 2 aromatic rings. The predicted octanol–water partition coefficient (Wildman–Crippen LogP) is 7.07. The Kier molecular flexibility index (Phi) is 9.59. The van der Waals surface area contributed by atoms with Crippen LogP contribution in [0.5, 0.6) is 0 Å². The van der Waals surface area contributed by atoms with Crippen molar-refractivity contribution >= 4 is 62.7 Å². The minimum Gasteiger partial charge on any atom is -0.391 e. The topological polar surface area (TPSA) is 73.8 Å². The average Bonchev–Trinajstić information content (AvgIpc) is 2.96. The van der Waals surface area contributed by atoms with Crippen molar-refractivity contribution in [2.45, 2.75) is 116 Å². The van der Waals surface area contributed by atoms with Crippen LogP contribution < -0.4 is 10.4 Å². The van der Waals surface area contributed by atoms with E-state index in [1.165, 1.54) is 0 Å². The van der Waals surface area contributed by atoms with Crippen LogP contribution in [0.1, 0.15) is 83.1 Å². The lowest BCUT2D eigenvalue weighted by Crippen LogP contribution is -2.88. The Labute approximate surface area is 271 Å². The Balaban J connectivity index is 1.85. The van der Waals surface area contributed by atoms with Crippen molar-refractivity contribution in [1.82, 2.24) is 0 Å². The molecule has 44 heavy (non-hydrogen) atoms. The molecule has 0 N–H and O–H groups in total. The van der Waals surface area contributed by atoms with Gasteiger partial charge in [-0.2, -0.15) is 0 Å². The minimum absolute atomic E-state index is 0.0565. The van der Waals surface area contributed by atoms with Gasteiger partial charge in [-0.3, -0.25) is 0 Å². The molecule has 5 rings (SSSR count). The van der Waals surface area contributed by atoms with Gasteiger partial charge in [-0.1, -0.05) is 144 Å². The van der Waals surface area contributed by atoms with Crippen molar-refractivity contribution in [3.63, 3.8) is 0 Å². The molecule has 3 aliphatic rings. The first kappa shape index (κ1) is 34.7. The van der Waals surface area contributed by atoms with Gasteiger partial charge in [-0.15, -0.1) is 0 Å². The monoisotopic (exact) mass is 708 g/mol. The molecule has 14 heteroatoms. The Hall–Kier alpha value is -0.579. The summed E-state index contributed by atoms with van der Waals surface area (Å²) in [4.78, 5) is 0. The van der Waals surface area contributed by atoms with E-state index in [0.29, 0.717) is 0 Å². The number of hydrogen-bond acceptors (Lipinski definition) is 8. The van der Waals surface area contributed by atoms with Crippen molar-refractivity contribution in [3.8, 4) is 0 Å². The van der Waals surface area contributed by atoms with Gasteiger partial charge in [0.25, 0.3) is 0 Å². The number of fused-ring (bicyclic) bond motifs is 4. The first-order valence-electron chi connectivity index (χ1n) is 16.2. The maximum atomic E-state index is 7.62. The summed E-state index contributed by atoms with van der Waals surface area (Å²) in [7, 11) is -20.9. The van der Waals surface area contributed by atoms with Crippen LogP contribution in [0.3, 0.4) is 0 Å². The van der Waals surface area contributed by atoms with Crippen LogP contribution >= 0.6 is 0 Å². The molecule has 0 spiro atoms. The normalized spacial score (nSPS) is 37.7. The fourth-order valence-electron chi connectivity index (χ4n) is 6.06. The van der Waals surface area contributed by atoms with Crippen molar-refractivity contribution < 1.29 is 32.9 Å². The zero-order valence-corrected chi connectivity index (χ0v) is 34.5. The summed E-state index contributed by atoms with van der Waals surface area (Å²) in [6.45, 7) is 25.9. The molecule has 0 unspecified atom stereocenters. The summed E-state index contributed by atoms with van der Waals surface area (Å²) >= 11 is 0. The Morgan fingerprint density at radius 3 is 0.727 bits per heavy atom. The molecule has 0 aromatic heterocycles. The Morgan fingerprint density at radius 2 is 0.545 bits per heavy atom. The second-order valence-electron chi connectivity index (χ2n) is 14.2. The van der Waals surface area contributed by atoms with E-state index in [-0.39, 0.29) is 33.2 Å². The molecule has 8 nitrogen and oxygen atoms in total. The van der Waals surface area contributed by atoms with Crippen LogP contribution in [0.2, 0.25) is 33.2 Å². The number of hydrogen-bond donors (Lipinski definition) is 0. The van der Waals surface area contributed by atoms with E-state index in [0.717, 1.165) is 10.4 Å². The van der Waals surface area contributed by atoms with Crippen molar-refractivity contribution in [3.05, 3.63) is 60.7 Å². The fourth-order valence-corrected chi connectivity index (χ4v) is 46.4. The van der Waals surface area contributed by atoms with Crippen molar-refractivity contribution in [2.24, 2.45) is 0 Å². The third-order valence-electron chi connectivity index (χ3n) is 9.01. The summed E-state index contributed by atoms with van der Waals surface area (Å²) in [5.74, 6) is 0. The first-order chi connectivity index (χ1) is 20.5. The van der Waals surface area contributed by atoms with Crippen LogP contribution in [0.4, 0.5) is 0 Å². The van der Waals surface area contributed by atoms with E-state index in [9.17, 15) is 0 Å². The molecule has 2 aromatic carbocycles. The number of rotatable bonds is 8. The van der Waals surface area contributed by atoms with Crippen LogP contribution in [-0.4, -0.2) is 52.3 Å². The van der Waals surface area contributed by atoms with E-state index in [1.54, 1.807) is 0 Å². The van der Waals surface area contributed by atoms with Crippen LogP contribution in [-0.2, 0) is 32.9 Å². The molecule has 0 radical (unpaired) electrons. The van der Waals surface area contributed by atoms with Gasteiger partial charge in [0, 0.05) is 33.2 Å². The molecular formula is C30H52O8Si6. The second kappa shape index (κ2) is 12.1. The van der Waals surface area contributed by atoms with E-state index in [2.05, 4.69) is 132 Å². The highest BCUT2D eigenvalue weighted by atomic mass is 28.6. The van der Waals surface area contributed by atoms with E-state index >= 15 is 0 Å². The maximum absolute atomic E-state index is 7.62. The van der Waals surface area contributed by atoms with E-state index < -0.39 is 52.3 Å². The predicted molar refractivity (Wildman–Crippen MR) is 186 cm³/mol. The largest absolute Gasteiger partial charge is 0.480 e. The lowest BCUT2D eigenvalue weighted by Gasteiger charge is -2.63. The molecule has 0 atom stereocenters. The van der Waals surface area contributed by atoms with Crippen molar-refractivity contribution in [2.75, 3.05) is 0 Å². The zero-order chi connectivity index (χ0) is 32.3. The van der Waals surface area contributed by atoms with Crippen molar-refractivity contribution in [1.29, 1.82) is 0 Å². The zero-order valence-electron chi connectivity index (χ0n) is 28.5. The van der Waals surface area contributed by atoms with Gasteiger partial charge in [0.2, 0.25) is 0 Å². The van der Waals surface area contributed by atoms with Gasteiger partial charge in [-0.05, 0) is 10.4 Å². The smallest absolute Gasteiger partial charge is 0.391 e. The first-order valence-corrected chi connectivity index (χ1v) is 27.2. The second-order valence-corrected chi connectivity index (χ2v) is 36.3. The Morgan fingerprint density at radius 1 is 0.318 bits per heavy atom. The SMILES string of the molecule is CC(C)[Si]1(c2ccccc2)O[Si@]2(C(C)C)O[Si@](C(C)C)(O1)O[Si@]1(C(C)C)O[Si](c3ccccc3)(C(C)C)O[Si@@](C(C)C)(O1)O2. The number of benzene rings is 2. The highest BCUT2D eigenvalue weighted by Gasteiger charge is 2.80. The molecule has 3 aliphatic heterocycles. The lowest BCUT2D eigenvalue weighted by molar-refractivity contribution is 0.0134. The third-order valence-corrected chi connectivity index (χ3v) is 38.5. The molecule has 4 bridgehead atoms. The Bertz CT molecular complexity index is 1160. The highest BCUT2D eigenvalue weighted by Crippen LogP contribution is 2.55. The molecule has 0 aliphatic carbocycles. The van der Waals surface area contributed by atoms with Crippen LogP contribution in [0, 0.1) is 0 Å². The molecule has 244 valence electrons. The summed E-state index contributed by atoms with van der Waals surface area (Å²) in [5.41, 5.74) is -0.245. The minimum atomic E-state index is -3.62. The molecule has 3 fully saturated rings. The molecular weight excluding hydrogens is 657 g/mol. The molecule has 0 saturated carbocycles.